The summed E-state index contributed by atoms with van der Waals surface area (Å²) >= 11 is 0. The van der Waals surface area contributed by atoms with Gasteiger partial charge in [0.1, 0.15) is 11.3 Å². The molecule has 3 heterocycles. The Labute approximate surface area is 206 Å². The maximum atomic E-state index is 5.07. The monoisotopic (exact) mass is 466 g/mol. The van der Waals surface area contributed by atoms with Gasteiger partial charge in [0.2, 0.25) is 0 Å². The first-order valence-electron chi connectivity index (χ1n) is 11.9. The fourth-order valence-electron chi connectivity index (χ4n) is 4.99. The van der Waals surface area contributed by atoms with E-state index in [1.54, 1.807) is 0 Å². The molecule has 0 N–H and O–H groups in total. The predicted molar refractivity (Wildman–Crippen MR) is 147 cm³/mol. The minimum Gasteiger partial charge on any atom is -0.327 e. The molecule has 0 fully saturated rings. The highest BCUT2D eigenvalue weighted by molar-refractivity contribution is 6.02. The van der Waals surface area contributed by atoms with Gasteiger partial charge in [-0.1, -0.05) is 48.5 Å². The van der Waals surface area contributed by atoms with Gasteiger partial charge in [-0.2, -0.15) is 0 Å². The SMILES string of the molecule is Cn1c2cccc3cnc4ccccc4c4nc5c(cccc5n4C)cnc4ccccc4c1nc32. The van der Waals surface area contributed by atoms with Crippen molar-refractivity contribution in [1.29, 1.82) is 0 Å². The van der Waals surface area contributed by atoms with Crippen LogP contribution in [0.1, 0.15) is 0 Å². The van der Waals surface area contributed by atoms with E-state index in [2.05, 4.69) is 45.5 Å². The average molecular weight is 467 g/mol. The number of nitrogens with zero attached hydrogens (tertiary/aromatic N) is 6. The zero-order valence-electron chi connectivity index (χ0n) is 19.9. The van der Waals surface area contributed by atoms with Crippen LogP contribution in [0, 0.1) is 0 Å². The number of aromatic nitrogens is 6. The normalized spacial score (nSPS) is 11.6. The molecule has 0 radical (unpaired) electrons. The summed E-state index contributed by atoms with van der Waals surface area (Å²) in [6.07, 6.45) is 3.81. The molecule has 0 atom stereocenters. The van der Waals surface area contributed by atoms with Gasteiger partial charge in [-0.25, -0.2) is 9.97 Å². The van der Waals surface area contributed by atoms with Gasteiger partial charge in [0, 0.05) is 48.0 Å². The zero-order chi connectivity index (χ0) is 24.2. The summed E-state index contributed by atoms with van der Waals surface area (Å²) < 4.78 is 4.25. The van der Waals surface area contributed by atoms with Crippen LogP contribution >= 0.6 is 0 Å². The topological polar surface area (TPSA) is 61.4 Å². The lowest BCUT2D eigenvalue weighted by Crippen LogP contribution is -1.88. The molecule has 0 aliphatic rings. The molecule has 6 heteroatoms. The third-order valence-corrected chi connectivity index (χ3v) is 6.86. The number of fused-ring (bicyclic) bond motifs is 6. The van der Waals surface area contributed by atoms with Crippen molar-refractivity contribution in [3.05, 3.63) is 97.3 Å². The molecule has 172 valence electrons. The fourth-order valence-corrected chi connectivity index (χ4v) is 4.99. The molecular weight excluding hydrogens is 444 g/mol. The smallest absolute Gasteiger partial charge is 0.143 e. The Bertz CT molecular complexity index is 1930. The van der Waals surface area contributed by atoms with Gasteiger partial charge >= 0.3 is 0 Å². The van der Waals surface area contributed by atoms with Gasteiger partial charge in [-0.05, 0) is 36.4 Å². The van der Waals surface area contributed by atoms with Crippen LogP contribution in [-0.4, -0.2) is 29.1 Å². The Balaban J connectivity index is 1.78. The lowest BCUT2D eigenvalue weighted by Gasteiger charge is -1.99. The summed E-state index contributed by atoms with van der Waals surface area (Å²) in [5.41, 5.74) is 7.35. The maximum Gasteiger partial charge on any atom is 0.143 e. The zero-order valence-corrected chi connectivity index (χ0v) is 19.9. The molecule has 0 unspecified atom stereocenters. The minimum absolute atomic E-state index is 0.858. The molecule has 0 amide bonds. The predicted octanol–water partition coefficient (Wildman–Crippen LogP) is 6.55. The van der Waals surface area contributed by atoms with Crippen molar-refractivity contribution in [2.75, 3.05) is 0 Å². The second-order valence-corrected chi connectivity index (χ2v) is 8.97. The van der Waals surface area contributed by atoms with Crippen molar-refractivity contribution >= 4 is 65.9 Å². The van der Waals surface area contributed by atoms with Crippen LogP contribution in [0.2, 0.25) is 0 Å². The van der Waals surface area contributed by atoms with Gasteiger partial charge in [0.15, 0.2) is 0 Å². The van der Waals surface area contributed by atoms with Crippen LogP contribution in [0.4, 0.5) is 0 Å². The van der Waals surface area contributed by atoms with Crippen molar-refractivity contribution in [2.45, 2.75) is 0 Å². The standard InChI is InChI=1S/C30H22N6/c1-35-25-15-7-9-19-17-32-24-14-6-4-12-22(24)30-34-28-20(10-8-16-26(28)36(30)2)18-31-23-13-5-3-11-21(23)29(35)33-27(19)25/h3-18H,1-2H3. The molecule has 0 aliphatic carbocycles. The van der Waals surface area contributed by atoms with E-state index in [4.69, 9.17) is 19.9 Å². The number of aryl methyl sites for hydroxylation is 2. The van der Waals surface area contributed by atoms with Crippen molar-refractivity contribution in [1.82, 2.24) is 29.1 Å². The Morgan fingerprint density at radius 3 is 1.42 bits per heavy atom. The van der Waals surface area contributed by atoms with Gasteiger partial charge in [0.05, 0.1) is 33.1 Å². The molecule has 7 rings (SSSR count). The number of imidazole rings is 2. The Morgan fingerprint density at radius 1 is 0.500 bits per heavy atom. The number of rotatable bonds is 0. The Morgan fingerprint density at radius 2 is 0.944 bits per heavy atom. The number of hydrogen-bond donors (Lipinski definition) is 0. The van der Waals surface area contributed by atoms with E-state index in [9.17, 15) is 0 Å². The second-order valence-electron chi connectivity index (χ2n) is 8.97. The van der Waals surface area contributed by atoms with Gasteiger partial charge in [-0.15, -0.1) is 0 Å². The first kappa shape index (κ1) is 20.5. The van der Waals surface area contributed by atoms with E-state index >= 15 is 0 Å². The van der Waals surface area contributed by atoms with Crippen LogP contribution in [0.25, 0.3) is 65.9 Å². The van der Waals surface area contributed by atoms with Crippen LogP contribution in [0.3, 0.4) is 0 Å². The lowest BCUT2D eigenvalue weighted by molar-refractivity contribution is 1.01. The molecule has 0 saturated carbocycles. The van der Waals surface area contributed by atoms with E-state index in [0.717, 1.165) is 65.9 Å². The van der Waals surface area contributed by atoms with E-state index in [1.165, 1.54) is 0 Å². The summed E-state index contributed by atoms with van der Waals surface area (Å²) in [6, 6.07) is 28.6. The largest absolute Gasteiger partial charge is 0.327 e. The van der Waals surface area contributed by atoms with Crippen LogP contribution in [0.15, 0.2) is 97.3 Å². The summed E-state index contributed by atoms with van der Waals surface area (Å²) in [6.45, 7) is 0. The second kappa shape index (κ2) is 7.85. The molecule has 3 aromatic heterocycles. The van der Waals surface area contributed by atoms with Crippen molar-refractivity contribution in [2.24, 2.45) is 14.1 Å². The van der Waals surface area contributed by atoms with E-state index < -0.39 is 0 Å². The average Bonchev–Trinajstić information content (AvgIpc) is 3.43. The highest BCUT2D eigenvalue weighted by atomic mass is 15.1. The van der Waals surface area contributed by atoms with Crippen molar-refractivity contribution in [3.63, 3.8) is 0 Å². The molecule has 0 aliphatic heterocycles. The van der Waals surface area contributed by atoms with Gasteiger partial charge in [0.25, 0.3) is 0 Å². The third-order valence-electron chi connectivity index (χ3n) is 6.86. The number of benzene rings is 4. The number of para-hydroxylation sites is 4. The third kappa shape index (κ3) is 3.04. The maximum absolute atomic E-state index is 5.07. The van der Waals surface area contributed by atoms with Gasteiger partial charge in [-0.3, -0.25) is 9.97 Å². The highest BCUT2D eigenvalue weighted by Gasteiger charge is 2.10. The Kier molecular flexibility index (Phi) is 4.48. The van der Waals surface area contributed by atoms with Crippen molar-refractivity contribution < 1.29 is 0 Å². The van der Waals surface area contributed by atoms with E-state index in [0.29, 0.717) is 0 Å². The fraction of sp³-hybridized carbons (Fsp3) is 0.0667. The summed E-state index contributed by atoms with van der Waals surface area (Å²) in [4.78, 5) is 20.0. The quantitative estimate of drug-likeness (QED) is 0.254. The van der Waals surface area contributed by atoms with Crippen molar-refractivity contribution in [3.8, 4) is 0 Å². The van der Waals surface area contributed by atoms with E-state index in [1.807, 2.05) is 75.0 Å². The lowest BCUT2D eigenvalue weighted by atomic mass is 10.2. The first-order chi connectivity index (χ1) is 17.7. The summed E-state index contributed by atoms with van der Waals surface area (Å²) in [5, 5.41) is 3.87. The van der Waals surface area contributed by atoms with Crippen LogP contribution < -0.4 is 0 Å². The molecule has 6 nitrogen and oxygen atoms in total. The molecule has 4 aromatic carbocycles. The van der Waals surface area contributed by atoms with Gasteiger partial charge < -0.3 is 9.13 Å². The van der Waals surface area contributed by atoms with E-state index in [-0.39, 0.29) is 0 Å². The van der Waals surface area contributed by atoms with Crippen LogP contribution in [-0.2, 0) is 14.1 Å². The number of hydrogen-bond acceptors (Lipinski definition) is 4. The summed E-state index contributed by atoms with van der Waals surface area (Å²) in [7, 11) is 4.09. The molecule has 7 aromatic rings. The molecule has 36 heavy (non-hydrogen) atoms. The summed E-state index contributed by atoms with van der Waals surface area (Å²) in [5.74, 6) is 0. The first-order valence-corrected chi connectivity index (χ1v) is 11.9. The highest BCUT2D eigenvalue weighted by Crippen LogP contribution is 2.26. The van der Waals surface area contributed by atoms with Crippen LogP contribution in [0.5, 0.6) is 0 Å². The molecule has 0 saturated heterocycles. The molecule has 0 spiro atoms. The molecule has 4 bridgehead atoms. The Hall–Kier alpha value is -4.84. The molecular formula is C30H22N6. The minimum atomic E-state index is 0.858.